The second-order valence-electron chi connectivity index (χ2n) is 12.3. The molecule has 3 aromatic heterocycles. The average molecular weight is 627 g/mol. The Morgan fingerprint density at radius 1 is 0.408 bits per heavy atom. The highest BCUT2D eigenvalue weighted by Gasteiger charge is 2.21. The maximum Gasteiger partial charge on any atom is 0.164 e. The highest BCUT2D eigenvalue weighted by Crippen LogP contribution is 2.43. The third-order valence-electron chi connectivity index (χ3n) is 9.35. The van der Waals surface area contributed by atoms with E-state index in [0.29, 0.717) is 17.5 Å². The fraction of sp³-hybridized carbons (Fsp3) is 0. The summed E-state index contributed by atoms with van der Waals surface area (Å²) in [5.41, 5.74) is 6.41. The van der Waals surface area contributed by atoms with E-state index in [1.54, 1.807) is 0 Å². The Bertz CT molecular complexity index is 2890. The number of benzene rings is 7. The summed E-state index contributed by atoms with van der Waals surface area (Å²) in [5, 5.41) is 8.73. The van der Waals surface area contributed by atoms with Gasteiger partial charge in [-0.25, -0.2) is 15.0 Å². The fourth-order valence-corrected chi connectivity index (χ4v) is 6.90. The van der Waals surface area contributed by atoms with Gasteiger partial charge in [0.05, 0.1) is 0 Å². The summed E-state index contributed by atoms with van der Waals surface area (Å²) in [4.78, 5) is 19.7. The monoisotopic (exact) mass is 626 g/mol. The number of aromatic nitrogens is 4. The Kier molecular flexibility index (Phi) is 6.11. The Hall–Kier alpha value is -6.72. The van der Waals surface area contributed by atoms with Crippen LogP contribution in [-0.4, -0.2) is 19.9 Å². The molecule has 0 aliphatic heterocycles. The van der Waals surface area contributed by atoms with Crippen molar-refractivity contribution in [1.29, 1.82) is 0 Å². The number of fused-ring (bicyclic) bond motifs is 6. The molecule has 10 rings (SSSR count). The molecule has 3 heterocycles. The second kappa shape index (κ2) is 10.9. The molecular weight excluding hydrogens is 601 g/mol. The van der Waals surface area contributed by atoms with Crippen LogP contribution < -0.4 is 0 Å². The summed E-state index contributed by atoms with van der Waals surface area (Å²) in [5.74, 6) is 1.81. The molecule has 0 saturated carbocycles. The lowest BCUT2D eigenvalue weighted by molar-refractivity contribution is 0.670. The van der Waals surface area contributed by atoms with Crippen LogP contribution in [0.5, 0.6) is 0 Å². The predicted molar refractivity (Wildman–Crippen MR) is 199 cm³/mol. The van der Waals surface area contributed by atoms with Crippen molar-refractivity contribution in [2.75, 3.05) is 0 Å². The van der Waals surface area contributed by atoms with Crippen LogP contribution in [0.3, 0.4) is 0 Å². The molecular formula is C44H26N4O. The summed E-state index contributed by atoms with van der Waals surface area (Å²) in [7, 11) is 0. The Balaban J connectivity index is 1.27. The van der Waals surface area contributed by atoms with E-state index in [9.17, 15) is 0 Å². The van der Waals surface area contributed by atoms with Gasteiger partial charge in [0.1, 0.15) is 11.2 Å². The number of pyridine rings is 1. The summed E-state index contributed by atoms with van der Waals surface area (Å²) in [6.07, 6.45) is 3.71. The quantitative estimate of drug-likeness (QED) is 0.194. The lowest BCUT2D eigenvalue weighted by Gasteiger charge is -2.11. The normalized spacial score (nSPS) is 11.7. The van der Waals surface area contributed by atoms with Crippen LogP contribution in [-0.2, 0) is 0 Å². The van der Waals surface area contributed by atoms with E-state index in [-0.39, 0.29) is 0 Å². The first-order valence-electron chi connectivity index (χ1n) is 16.3. The highest BCUT2D eigenvalue weighted by atomic mass is 16.3. The van der Waals surface area contributed by atoms with Crippen molar-refractivity contribution in [1.82, 2.24) is 19.9 Å². The third kappa shape index (κ3) is 4.63. The van der Waals surface area contributed by atoms with E-state index in [1.807, 2.05) is 48.8 Å². The molecule has 0 fully saturated rings. The Labute approximate surface area is 281 Å². The minimum absolute atomic E-state index is 0.584. The number of furan rings is 1. The zero-order valence-corrected chi connectivity index (χ0v) is 26.2. The van der Waals surface area contributed by atoms with Crippen molar-refractivity contribution in [3.8, 4) is 45.3 Å². The summed E-state index contributed by atoms with van der Waals surface area (Å²) < 4.78 is 6.81. The first-order valence-corrected chi connectivity index (χ1v) is 16.3. The van der Waals surface area contributed by atoms with Gasteiger partial charge in [0, 0.05) is 50.8 Å². The van der Waals surface area contributed by atoms with E-state index < -0.39 is 0 Å². The van der Waals surface area contributed by atoms with Gasteiger partial charge in [0.15, 0.2) is 17.5 Å². The zero-order chi connectivity index (χ0) is 32.3. The van der Waals surface area contributed by atoms with Crippen LogP contribution in [0.4, 0.5) is 0 Å². The van der Waals surface area contributed by atoms with Crippen molar-refractivity contribution >= 4 is 54.3 Å². The fourth-order valence-electron chi connectivity index (χ4n) is 6.90. The molecule has 10 aromatic rings. The van der Waals surface area contributed by atoms with Crippen LogP contribution in [0, 0.1) is 0 Å². The topological polar surface area (TPSA) is 64.7 Å². The largest absolute Gasteiger partial charge is 0.455 e. The van der Waals surface area contributed by atoms with Gasteiger partial charge in [-0.3, -0.25) is 4.98 Å². The molecule has 0 saturated heterocycles. The average Bonchev–Trinajstić information content (AvgIpc) is 3.54. The van der Waals surface area contributed by atoms with Crippen LogP contribution in [0.2, 0.25) is 0 Å². The second-order valence-corrected chi connectivity index (χ2v) is 12.3. The van der Waals surface area contributed by atoms with Crippen LogP contribution in [0.15, 0.2) is 162 Å². The summed E-state index contributed by atoms with van der Waals surface area (Å²) in [6.45, 7) is 0. The first-order chi connectivity index (χ1) is 24.2. The molecule has 0 aliphatic rings. The van der Waals surface area contributed by atoms with Crippen molar-refractivity contribution in [2.45, 2.75) is 0 Å². The van der Waals surface area contributed by atoms with Gasteiger partial charge < -0.3 is 4.42 Å². The van der Waals surface area contributed by atoms with Gasteiger partial charge in [-0.05, 0) is 75.0 Å². The first kappa shape index (κ1) is 27.4. The molecule has 5 nitrogen and oxygen atoms in total. The van der Waals surface area contributed by atoms with Gasteiger partial charge in [0.25, 0.3) is 0 Å². The van der Waals surface area contributed by atoms with Crippen LogP contribution in [0.1, 0.15) is 0 Å². The van der Waals surface area contributed by atoms with Crippen LogP contribution >= 0.6 is 0 Å². The van der Waals surface area contributed by atoms with Crippen molar-refractivity contribution in [3.05, 3.63) is 158 Å². The molecule has 0 radical (unpaired) electrons. The summed E-state index contributed by atoms with van der Waals surface area (Å²) in [6, 6.07) is 50.3. The maximum absolute atomic E-state index is 6.81. The van der Waals surface area contributed by atoms with E-state index in [1.165, 1.54) is 16.2 Å². The van der Waals surface area contributed by atoms with Gasteiger partial charge in [0.2, 0.25) is 0 Å². The predicted octanol–water partition coefficient (Wildman–Crippen LogP) is 11.3. The van der Waals surface area contributed by atoms with Gasteiger partial charge in [-0.2, -0.15) is 0 Å². The van der Waals surface area contributed by atoms with Gasteiger partial charge in [-0.1, -0.05) is 103 Å². The van der Waals surface area contributed by atoms with E-state index in [4.69, 9.17) is 19.4 Å². The lowest BCUT2D eigenvalue weighted by atomic mass is 9.96. The number of rotatable bonds is 4. The smallest absolute Gasteiger partial charge is 0.164 e. The molecule has 228 valence electrons. The molecule has 0 unspecified atom stereocenters. The molecule has 5 heteroatoms. The summed E-state index contributed by atoms with van der Waals surface area (Å²) >= 11 is 0. The van der Waals surface area contributed by atoms with Crippen LogP contribution in [0.25, 0.3) is 99.5 Å². The standard InChI is InChI=1S/C44H26N4O/c1-2-10-29(11-3-1)42-46-43(34-17-15-28-9-5-7-13-31(28)23-34)48-44(47-42)37-19-18-36(33-16-14-27-8-4-6-12-30(27)22-33)41-40(37)38-24-35-26-45-21-20-32(35)25-39(38)49-41/h1-26H. The molecule has 0 bridgehead atoms. The van der Waals surface area contributed by atoms with E-state index >= 15 is 0 Å². The molecule has 0 aliphatic carbocycles. The van der Waals surface area contributed by atoms with E-state index in [0.717, 1.165) is 65.9 Å². The Morgan fingerprint density at radius 3 is 1.80 bits per heavy atom. The van der Waals surface area contributed by atoms with E-state index in [2.05, 4.69) is 114 Å². The lowest BCUT2D eigenvalue weighted by Crippen LogP contribution is -2.00. The molecule has 0 atom stereocenters. The van der Waals surface area contributed by atoms with Gasteiger partial charge >= 0.3 is 0 Å². The van der Waals surface area contributed by atoms with Crippen molar-refractivity contribution in [3.63, 3.8) is 0 Å². The molecule has 7 aromatic carbocycles. The molecule has 0 amide bonds. The van der Waals surface area contributed by atoms with Crippen molar-refractivity contribution in [2.24, 2.45) is 0 Å². The highest BCUT2D eigenvalue weighted by molar-refractivity contribution is 6.18. The van der Waals surface area contributed by atoms with Gasteiger partial charge in [-0.15, -0.1) is 0 Å². The third-order valence-corrected chi connectivity index (χ3v) is 9.35. The molecule has 0 N–H and O–H groups in total. The minimum atomic E-state index is 0.584. The number of hydrogen-bond acceptors (Lipinski definition) is 5. The minimum Gasteiger partial charge on any atom is -0.455 e. The number of hydrogen-bond donors (Lipinski definition) is 0. The Morgan fingerprint density at radius 2 is 1.02 bits per heavy atom. The van der Waals surface area contributed by atoms with Crippen molar-refractivity contribution < 1.29 is 4.42 Å². The molecule has 0 spiro atoms. The number of nitrogens with zero attached hydrogens (tertiary/aromatic N) is 4. The molecule has 49 heavy (non-hydrogen) atoms. The zero-order valence-electron chi connectivity index (χ0n) is 26.2. The maximum atomic E-state index is 6.81. The SMILES string of the molecule is c1ccc(-c2nc(-c3ccc4ccccc4c3)nc(-c3ccc(-c4ccc5ccccc5c4)c4oc5cc6ccncc6cc5c34)n2)cc1.